The van der Waals surface area contributed by atoms with Crippen LogP contribution in [0.4, 0.5) is 0 Å². The first-order chi connectivity index (χ1) is 10.1. The highest BCUT2D eigenvalue weighted by molar-refractivity contribution is 5.80. The highest BCUT2D eigenvalue weighted by atomic mass is 16.4. The van der Waals surface area contributed by atoms with Gasteiger partial charge in [-0.3, -0.25) is 9.59 Å². The first kappa shape index (κ1) is 14.2. The molecule has 5 heteroatoms. The van der Waals surface area contributed by atoms with Crippen LogP contribution >= 0.6 is 0 Å². The minimum Gasteiger partial charge on any atom is -0.481 e. The third-order valence-corrected chi connectivity index (χ3v) is 4.55. The predicted octanol–water partition coefficient (Wildman–Crippen LogP) is 2.66. The van der Waals surface area contributed by atoms with Gasteiger partial charge < -0.3 is 14.4 Å². The molecule has 2 fully saturated rings. The summed E-state index contributed by atoms with van der Waals surface area (Å²) in [6.45, 7) is 0.505. The van der Waals surface area contributed by atoms with Crippen molar-refractivity contribution in [3.8, 4) is 0 Å². The van der Waals surface area contributed by atoms with Crippen molar-refractivity contribution in [3.63, 3.8) is 0 Å². The number of carboxylic acids is 1. The van der Waals surface area contributed by atoms with Crippen LogP contribution in [0.15, 0.2) is 22.8 Å². The Kier molecular flexibility index (Phi) is 3.99. The average molecular weight is 291 g/mol. The number of carboxylic acid groups (broad SMARTS) is 1. The van der Waals surface area contributed by atoms with E-state index in [1.807, 2.05) is 17.0 Å². The van der Waals surface area contributed by atoms with E-state index in [0.717, 1.165) is 31.4 Å². The third-order valence-electron chi connectivity index (χ3n) is 4.55. The Morgan fingerprint density at radius 1 is 1.24 bits per heavy atom. The molecule has 0 aromatic carbocycles. The van der Waals surface area contributed by atoms with Gasteiger partial charge >= 0.3 is 5.97 Å². The summed E-state index contributed by atoms with van der Waals surface area (Å²) < 4.78 is 5.35. The van der Waals surface area contributed by atoms with E-state index in [1.165, 1.54) is 0 Å². The van der Waals surface area contributed by atoms with Gasteiger partial charge in [-0.25, -0.2) is 0 Å². The molecule has 0 radical (unpaired) electrons. The van der Waals surface area contributed by atoms with Crippen LogP contribution in [-0.4, -0.2) is 27.9 Å². The van der Waals surface area contributed by atoms with E-state index in [-0.39, 0.29) is 17.7 Å². The van der Waals surface area contributed by atoms with Gasteiger partial charge in [-0.05, 0) is 44.2 Å². The quantitative estimate of drug-likeness (QED) is 0.905. The summed E-state index contributed by atoms with van der Waals surface area (Å²) in [4.78, 5) is 25.8. The maximum absolute atomic E-state index is 12.8. The maximum atomic E-state index is 12.8. The Morgan fingerprint density at radius 2 is 2.00 bits per heavy atom. The smallest absolute Gasteiger partial charge is 0.306 e. The van der Waals surface area contributed by atoms with Gasteiger partial charge in [0, 0.05) is 12.0 Å². The zero-order chi connectivity index (χ0) is 14.8. The van der Waals surface area contributed by atoms with Crippen LogP contribution in [0, 0.1) is 11.8 Å². The topological polar surface area (TPSA) is 70.8 Å². The molecule has 3 rings (SSSR count). The molecule has 1 N–H and O–H groups in total. The van der Waals surface area contributed by atoms with E-state index >= 15 is 0 Å². The van der Waals surface area contributed by atoms with Crippen molar-refractivity contribution in [2.75, 3.05) is 0 Å². The second kappa shape index (κ2) is 5.92. The maximum Gasteiger partial charge on any atom is 0.306 e. The highest BCUT2D eigenvalue weighted by Crippen LogP contribution is 2.35. The lowest BCUT2D eigenvalue weighted by atomic mass is 9.80. The Hall–Kier alpha value is -1.78. The standard InChI is InChI=1S/C16H21NO4/c18-15(11-3-1-4-12(9-11)16(19)20)17(13-6-7-13)10-14-5-2-8-21-14/h2,5,8,11-13H,1,3-4,6-7,9-10H2,(H,19,20). The van der Waals surface area contributed by atoms with Gasteiger partial charge in [-0.15, -0.1) is 0 Å². The van der Waals surface area contributed by atoms with Gasteiger partial charge in [0.2, 0.25) is 5.91 Å². The molecule has 1 amide bonds. The van der Waals surface area contributed by atoms with Gasteiger partial charge in [0.1, 0.15) is 5.76 Å². The predicted molar refractivity (Wildman–Crippen MR) is 75.4 cm³/mol. The summed E-state index contributed by atoms with van der Waals surface area (Å²) in [5, 5.41) is 9.17. The monoisotopic (exact) mass is 291 g/mol. The van der Waals surface area contributed by atoms with Crippen LogP contribution in [0.5, 0.6) is 0 Å². The third kappa shape index (κ3) is 3.28. The molecule has 114 valence electrons. The summed E-state index contributed by atoms with van der Waals surface area (Å²) in [5.74, 6) is -0.370. The molecule has 5 nitrogen and oxygen atoms in total. The van der Waals surface area contributed by atoms with Crippen molar-refractivity contribution >= 4 is 11.9 Å². The molecule has 0 bridgehead atoms. The number of aliphatic carboxylic acids is 1. The number of nitrogens with zero attached hydrogens (tertiary/aromatic N) is 1. The van der Waals surface area contributed by atoms with E-state index in [0.29, 0.717) is 25.4 Å². The van der Waals surface area contributed by atoms with Crippen LogP contribution in [-0.2, 0) is 16.1 Å². The Morgan fingerprint density at radius 3 is 2.62 bits per heavy atom. The second-order valence-electron chi connectivity index (χ2n) is 6.18. The van der Waals surface area contributed by atoms with E-state index < -0.39 is 5.97 Å². The minimum atomic E-state index is -0.767. The number of carbonyl (C=O) groups excluding carboxylic acids is 1. The number of rotatable bonds is 5. The molecule has 2 saturated carbocycles. The Labute approximate surface area is 123 Å². The molecule has 0 aliphatic heterocycles. The Balaban J connectivity index is 1.67. The highest BCUT2D eigenvalue weighted by Gasteiger charge is 2.39. The number of hydrogen-bond acceptors (Lipinski definition) is 3. The SMILES string of the molecule is O=C(O)C1CCCC(C(=O)N(Cc2ccco2)C2CC2)C1. The van der Waals surface area contributed by atoms with E-state index in [4.69, 9.17) is 9.52 Å². The zero-order valence-corrected chi connectivity index (χ0v) is 12.0. The zero-order valence-electron chi connectivity index (χ0n) is 12.0. The van der Waals surface area contributed by atoms with Gasteiger partial charge in [0.25, 0.3) is 0 Å². The van der Waals surface area contributed by atoms with Crippen molar-refractivity contribution in [3.05, 3.63) is 24.2 Å². The van der Waals surface area contributed by atoms with Gasteiger partial charge in [-0.1, -0.05) is 6.42 Å². The fraction of sp³-hybridized carbons (Fsp3) is 0.625. The summed E-state index contributed by atoms with van der Waals surface area (Å²) in [7, 11) is 0. The molecule has 21 heavy (non-hydrogen) atoms. The van der Waals surface area contributed by atoms with Crippen LogP contribution in [0.3, 0.4) is 0 Å². The molecule has 0 spiro atoms. The van der Waals surface area contributed by atoms with Gasteiger partial charge in [-0.2, -0.15) is 0 Å². The summed E-state index contributed by atoms with van der Waals surface area (Å²) in [6.07, 6.45) is 6.52. The van der Waals surface area contributed by atoms with Crippen LogP contribution in [0.1, 0.15) is 44.3 Å². The van der Waals surface area contributed by atoms with Crippen LogP contribution in [0.2, 0.25) is 0 Å². The molecule has 2 aliphatic carbocycles. The molecule has 1 aromatic heterocycles. The van der Waals surface area contributed by atoms with Crippen molar-refractivity contribution in [1.82, 2.24) is 4.90 Å². The number of furan rings is 1. The average Bonchev–Trinajstić information content (AvgIpc) is 3.20. The van der Waals surface area contributed by atoms with E-state index in [2.05, 4.69) is 0 Å². The molecule has 2 aliphatic rings. The summed E-state index contributed by atoms with van der Waals surface area (Å²) in [5.41, 5.74) is 0. The number of carbonyl (C=O) groups is 2. The lowest BCUT2D eigenvalue weighted by molar-refractivity contribution is -0.146. The molecule has 1 aromatic rings. The van der Waals surface area contributed by atoms with Crippen molar-refractivity contribution in [2.45, 2.75) is 51.1 Å². The molecular formula is C16H21NO4. The fourth-order valence-electron chi connectivity index (χ4n) is 3.22. The number of amides is 1. The Bertz CT molecular complexity index is 506. The van der Waals surface area contributed by atoms with E-state index in [1.54, 1.807) is 6.26 Å². The molecule has 1 heterocycles. The minimum absolute atomic E-state index is 0.111. The van der Waals surface area contributed by atoms with Crippen molar-refractivity contribution < 1.29 is 19.1 Å². The van der Waals surface area contributed by atoms with Gasteiger partial charge in [0.15, 0.2) is 0 Å². The first-order valence-electron chi connectivity index (χ1n) is 7.71. The fourth-order valence-corrected chi connectivity index (χ4v) is 3.22. The van der Waals surface area contributed by atoms with Crippen molar-refractivity contribution in [2.24, 2.45) is 11.8 Å². The normalized spacial score (nSPS) is 25.5. The first-order valence-corrected chi connectivity index (χ1v) is 7.71. The van der Waals surface area contributed by atoms with Crippen LogP contribution < -0.4 is 0 Å². The lowest BCUT2D eigenvalue weighted by Gasteiger charge is -2.31. The summed E-state index contributed by atoms with van der Waals surface area (Å²) in [6, 6.07) is 4.02. The van der Waals surface area contributed by atoms with E-state index in [9.17, 15) is 9.59 Å². The van der Waals surface area contributed by atoms with Gasteiger partial charge in [0.05, 0.1) is 18.7 Å². The largest absolute Gasteiger partial charge is 0.481 e. The summed E-state index contributed by atoms with van der Waals surface area (Å²) >= 11 is 0. The second-order valence-corrected chi connectivity index (χ2v) is 6.18. The lowest BCUT2D eigenvalue weighted by Crippen LogP contribution is -2.40. The molecule has 0 saturated heterocycles. The molecule has 2 unspecified atom stereocenters. The molecule has 2 atom stereocenters. The number of hydrogen-bond donors (Lipinski definition) is 1. The van der Waals surface area contributed by atoms with Crippen LogP contribution in [0.25, 0.3) is 0 Å². The molecular weight excluding hydrogens is 270 g/mol. The van der Waals surface area contributed by atoms with Crippen molar-refractivity contribution in [1.29, 1.82) is 0 Å².